The fourth-order valence-corrected chi connectivity index (χ4v) is 3.06. The average Bonchev–Trinajstić information content (AvgIpc) is 2.66. The highest BCUT2D eigenvalue weighted by atomic mass is 16.4. The maximum absolute atomic E-state index is 12.1. The summed E-state index contributed by atoms with van der Waals surface area (Å²) in [6.07, 6.45) is 0.436. The van der Waals surface area contributed by atoms with Crippen LogP contribution in [-0.4, -0.2) is 40.8 Å². The Balaban J connectivity index is 2.03. The molecule has 1 aromatic carbocycles. The second-order valence-electron chi connectivity index (χ2n) is 6.15. The van der Waals surface area contributed by atoms with Crippen molar-refractivity contribution in [1.82, 2.24) is 15.5 Å². The quantitative estimate of drug-likeness (QED) is 0.586. The molecule has 1 fully saturated rings. The van der Waals surface area contributed by atoms with Crippen LogP contribution in [0.5, 0.6) is 0 Å². The molecule has 2 unspecified atom stereocenters. The second-order valence-corrected chi connectivity index (χ2v) is 6.15. The van der Waals surface area contributed by atoms with Crippen LogP contribution in [0.1, 0.15) is 18.4 Å². The van der Waals surface area contributed by atoms with Gasteiger partial charge in [-0.05, 0) is 24.8 Å². The summed E-state index contributed by atoms with van der Waals surface area (Å²) in [5.41, 5.74) is 5.66. The molecule has 1 heterocycles. The topological polar surface area (TPSA) is 155 Å². The number of hydrogen-bond acceptors (Lipinski definition) is 5. The van der Waals surface area contributed by atoms with Crippen LogP contribution in [0.2, 0.25) is 0 Å². The normalized spacial score (nSPS) is 19.9. The highest BCUT2D eigenvalue weighted by Gasteiger charge is 2.32. The lowest BCUT2D eigenvalue weighted by Crippen LogP contribution is -2.53. The summed E-state index contributed by atoms with van der Waals surface area (Å²) in [6.45, 7) is 0.291. The van der Waals surface area contributed by atoms with Crippen molar-refractivity contribution in [3.63, 3.8) is 0 Å². The largest absolute Gasteiger partial charge is 0.465 e. The van der Waals surface area contributed by atoms with Gasteiger partial charge < -0.3 is 21.1 Å². The molecule has 2 rings (SSSR count). The van der Waals surface area contributed by atoms with Crippen molar-refractivity contribution in [2.75, 3.05) is 6.54 Å². The van der Waals surface area contributed by atoms with Crippen molar-refractivity contribution in [2.24, 2.45) is 5.73 Å². The predicted octanol–water partition coefficient (Wildman–Crippen LogP) is 1.26. The summed E-state index contributed by atoms with van der Waals surface area (Å²) >= 11 is 0. The Morgan fingerprint density at radius 3 is 2.56 bits per heavy atom. The van der Waals surface area contributed by atoms with Gasteiger partial charge in [0.15, 0.2) is 5.70 Å². The molecule has 1 aromatic rings. The molecule has 2 atom stereocenters. The standard InChI is InChI=1S/C18H20N6O3/c19-10-15(21)16(11-20)23-17(25)22-13-6-7-24(18(26)27)14(9-13)8-12-4-2-1-3-5-12/h1-5,13-14H,6-9,21H2,(H,26,27)(H2,22,23,25). The number of allylic oxidation sites excluding steroid dienone is 2. The first kappa shape index (κ1) is 19.6. The Bertz CT molecular complexity index is 809. The number of rotatable bonds is 4. The number of hydrogen-bond donors (Lipinski definition) is 4. The van der Waals surface area contributed by atoms with Gasteiger partial charge in [-0.2, -0.15) is 10.5 Å². The van der Waals surface area contributed by atoms with E-state index in [-0.39, 0.29) is 23.5 Å². The molecule has 3 amide bonds. The third-order valence-electron chi connectivity index (χ3n) is 4.35. The number of nitrogens with one attached hydrogen (secondary N) is 2. The van der Waals surface area contributed by atoms with Gasteiger partial charge in [0.25, 0.3) is 0 Å². The molecule has 0 aliphatic carbocycles. The molecule has 0 bridgehead atoms. The first-order chi connectivity index (χ1) is 12.9. The van der Waals surface area contributed by atoms with E-state index >= 15 is 0 Å². The number of likely N-dealkylation sites (tertiary alicyclic amines) is 1. The van der Waals surface area contributed by atoms with Gasteiger partial charge in [0.1, 0.15) is 17.8 Å². The fraction of sp³-hybridized carbons (Fsp3) is 0.333. The third kappa shape index (κ3) is 5.38. The van der Waals surface area contributed by atoms with Crippen LogP contribution in [0.15, 0.2) is 41.7 Å². The van der Waals surface area contributed by atoms with Gasteiger partial charge in [-0.25, -0.2) is 9.59 Å². The number of carbonyl (C=O) groups excluding carboxylic acids is 1. The average molecular weight is 368 g/mol. The van der Waals surface area contributed by atoms with Crippen LogP contribution < -0.4 is 16.4 Å². The third-order valence-corrected chi connectivity index (χ3v) is 4.35. The molecule has 1 aliphatic rings. The Hall–Kier alpha value is -3.72. The first-order valence-corrected chi connectivity index (χ1v) is 8.35. The molecule has 27 heavy (non-hydrogen) atoms. The first-order valence-electron chi connectivity index (χ1n) is 8.35. The van der Waals surface area contributed by atoms with Gasteiger partial charge in [0.05, 0.1) is 0 Å². The number of nitriles is 2. The molecule has 140 valence electrons. The molecule has 5 N–H and O–H groups in total. The molecule has 9 nitrogen and oxygen atoms in total. The van der Waals surface area contributed by atoms with E-state index in [2.05, 4.69) is 10.6 Å². The zero-order chi connectivity index (χ0) is 19.8. The SMILES string of the molecule is N#CC(N)=C(C#N)NC(=O)NC1CCN(C(=O)O)C(Cc2ccccc2)C1. The van der Waals surface area contributed by atoms with Crippen molar-refractivity contribution in [2.45, 2.75) is 31.3 Å². The smallest absolute Gasteiger partial charge is 0.407 e. The summed E-state index contributed by atoms with van der Waals surface area (Å²) < 4.78 is 0. The maximum atomic E-state index is 12.1. The number of benzene rings is 1. The van der Waals surface area contributed by atoms with Crippen LogP contribution in [0.3, 0.4) is 0 Å². The van der Waals surface area contributed by atoms with Crippen LogP contribution in [0.4, 0.5) is 9.59 Å². The minimum Gasteiger partial charge on any atom is -0.465 e. The monoisotopic (exact) mass is 368 g/mol. The van der Waals surface area contributed by atoms with Gasteiger partial charge >= 0.3 is 12.1 Å². The van der Waals surface area contributed by atoms with E-state index in [1.165, 1.54) is 4.90 Å². The van der Waals surface area contributed by atoms with Crippen molar-refractivity contribution < 1.29 is 14.7 Å². The van der Waals surface area contributed by atoms with Crippen LogP contribution in [-0.2, 0) is 6.42 Å². The minimum atomic E-state index is -0.990. The van der Waals surface area contributed by atoms with E-state index in [1.54, 1.807) is 12.1 Å². The van der Waals surface area contributed by atoms with Crippen LogP contribution in [0.25, 0.3) is 0 Å². The van der Waals surface area contributed by atoms with E-state index in [0.717, 1.165) is 5.56 Å². The fourth-order valence-electron chi connectivity index (χ4n) is 3.06. The number of amides is 3. The summed E-state index contributed by atoms with van der Waals surface area (Å²) in [5, 5.41) is 32.0. The lowest BCUT2D eigenvalue weighted by Gasteiger charge is -2.38. The molecule has 0 saturated carbocycles. The van der Waals surface area contributed by atoms with E-state index in [1.807, 2.05) is 30.3 Å². The van der Waals surface area contributed by atoms with Gasteiger partial charge in [0.2, 0.25) is 0 Å². The zero-order valence-corrected chi connectivity index (χ0v) is 14.6. The summed E-state index contributed by atoms with van der Waals surface area (Å²) in [5.74, 6) is 0. The number of nitrogens with zero attached hydrogens (tertiary/aromatic N) is 3. The summed E-state index contributed by atoms with van der Waals surface area (Å²) in [4.78, 5) is 25.0. The second kappa shape index (κ2) is 9.11. The molecule has 1 aliphatic heterocycles. The van der Waals surface area contributed by atoms with Crippen LogP contribution >= 0.6 is 0 Å². The highest BCUT2D eigenvalue weighted by molar-refractivity contribution is 5.77. The van der Waals surface area contributed by atoms with Gasteiger partial charge in [-0.15, -0.1) is 0 Å². The lowest BCUT2D eigenvalue weighted by molar-refractivity contribution is 0.0977. The van der Waals surface area contributed by atoms with E-state index in [9.17, 15) is 14.7 Å². The van der Waals surface area contributed by atoms with Crippen molar-refractivity contribution in [3.05, 3.63) is 47.3 Å². The maximum Gasteiger partial charge on any atom is 0.407 e. The Morgan fingerprint density at radius 2 is 1.96 bits per heavy atom. The van der Waals surface area contributed by atoms with Gasteiger partial charge in [-0.1, -0.05) is 30.3 Å². The molecule has 1 saturated heterocycles. The molecule has 0 aromatic heterocycles. The van der Waals surface area contributed by atoms with Crippen molar-refractivity contribution in [3.8, 4) is 12.1 Å². The Labute approximate surface area is 156 Å². The van der Waals surface area contributed by atoms with Crippen molar-refractivity contribution >= 4 is 12.1 Å². The lowest BCUT2D eigenvalue weighted by atomic mass is 9.92. The number of carboxylic acid groups (broad SMARTS) is 1. The van der Waals surface area contributed by atoms with Gasteiger partial charge in [0, 0.05) is 18.6 Å². The van der Waals surface area contributed by atoms with Gasteiger partial charge in [-0.3, -0.25) is 5.32 Å². The highest BCUT2D eigenvalue weighted by Crippen LogP contribution is 2.21. The van der Waals surface area contributed by atoms with E-state index in [4.69, 9.17) is 16.3 Å². The van der Waals surface area contributed by atoms with Crippen molar-refractivity contribution in [1.29, 1.82) is 10.5 Å². The minimum absolute atomic E-state index is 0.266. The molecule has 9 heteroatoms. The summed E-state index contributed by atoms with van der Waals surface area (Å²) in [6, 6.07) is 11.6. The molecule has 0 radical (unpaired) electrons. The van der Waals surface area contributed by atoms with E-state index in [0.29, 0.717) is 25.8 Å². The molecular formula is C18H20N6O3. The zero-order valence-electron chi connectivity index (χ0n) is 14.6. The molecule has 0 spiro atoms. The Kier molecular flexibility index (Phi) is 6.61. The van der Waals surface area contributed by atoms with E-state index < -0.39 is 12.1 Å². The number of urea groups is 1. The summed E-state index contributed by atoms with van der Waals surface area (Å²) in [7, 11) is 0. The predicted molar refractivity (Wildman–Crippen MR) is 95.8 cm³/mol. The number of nitrogens with two attached hydrogens (primary N) is 1. The molecular weight excluding hydrogens is 348 g/mol. The van der Waals surface area contributed by atoms with Crippen LogP contribution in [0, 0.1) is 22.7 Å². The number of piperidine rings is 1. The number of carbonyl (C=O) groups is 2. The Morgan fingerprint density at radius 1 is 1.26 bits per heavy atom.